The van der Waals surface area contributed by atoms with Gasteiger partial charge in [-0.25, -0.2) is 0 Å². The Morgan fingerprint density at radius 1 is 1.54 bits per heavy atom. The summed E-state index contributed by atoms with van der Waals surface area (Å²) in [7, 11) is 0. The molecule has 1 aromatic rings. The van der Waals surface area contributed by atoms with E-state index in [-0.39, 0.29) is 6.04 Å². The topological polar surface area (TPSA) is 38.9 Å². The third-order valence-electron chi connectivity index (χ3n) is 3.09. The molecule has 0 saturated heterocycles. The van der Waals surface area contributed by atoms with Gasteiger partial charge in [0.2, 0.25) is 0 Å². The van der Waals surface area contributed by atoms with E-state index in [2.05, 4.69) is 11.9 Å². The first-order valence-electron chi connectivity index (χ1n) is 4.86. The average Bonchev–Trinajstić information content (AvgIpc) is 2.87. The molecular weight excluding hydrogens is 160 g/mol. The van der Waals surface area contributed by atoms with Gasteiger partial charge in [0, 0.05) is 24.4 Å². The summed E-state index contributed by atoms with van der Waals surface area (Å²) in [4.78, 5) is 4.28. The van der Waals surface area contributed by atoms with Gasteiger partial charge in [-0.3, -0.25) is 4.98 Å². The highest BCUT2D eigenvalue weighted by Crippen LogP contribution is 2.47. The molecule has 0 spiro atoms. The molecule has 1 aromatic heterocycles. The maximum absolute atomic E-state index is 6.11. The maximum Gasteiger partial charge on any atom is 0.0419 e. The summed E-state index contributed by atoms with van der Waals surface area (Å²) in [5.74, 6) is 0. The van der Waals surface area contributed by atoms with Crippen LogP contribution < -0.4 is 5.73 Å². The Morgan fingerprint density at radius 3 is 2.85 bits per heavy atom. The van der Waals surface area contributed by atoms with Crippen LogP contribution in [0.15, 0.2) is 24.4 Å². The molecule has 0 bridgehead atoms. The van der Waals surface area contributed by atoms with E-state index in [1.807, 2.05) is 24.4 Å². The number of hydrogen-bond acceptors (Lipinski definition) is 2. The first kappa shape index (κ1) is 8.70. The minimum absolute atomic E-state index is 0.280. The second-order valence-electron chi connectivity index (χ2n) is 4.29. The van der Waals surface area contributed by atoms with Crippen molar-refractivity contribution in [3.8, 4) is 0 Å². The lowest BCUT2D eigenvalue weighted by molar-refractivity contribution is 0.430. The molecule has 1 saturated carbocycles. The molecule has 70 valence electrons. The van der Waals surface area contributed by atoms with Crippen molar-refractivity contribution in [2.75, 3.05) is 0 Å². The van der Waals surface area contributed by atoms with Gasteiger partial charge in [-0.2, -0.15) is 0 Å². The van der Waals surface area contributed by atoms with E-state index in [0.717, 1.165) is 12.1 Å². The molecule has 1 fully saturated rings. The highest BCUT2D eigenvalue weighted by Gasteiger charge is 2.42. The van der Waals surface area contributed by atoms with Crippen LogP contribution in [0.3, 0.4) is 0 Å². The molecule has 13 heavy (non-hydrogen) atoms. The predicted molar refractivity (Wildman–Crippen MR) is 53.3 cm³/mol. The first-order valence-corrected chi connectivity index (χ1v) is 4.86. The summed E-state index contributed by atoms with van der Waals surface area (Å²) in [5, 5.41) is 0. The fourth-order valence-electron chi connectivity index (χ4n) is 1.56. The number of hydrogen-bond donors (Lipinski definition) is 1. The Bertz CT molecular complexity index is 277. The zero-order chi connectivity index (χ0) is 9.31. The quantitative estimate of drug-likeness (QED) is 0.762. The van der Waals surface area contributed by atoms with Gasteiger partial charge in [0.25, 0.3) is 0 Å². The zero-order valence-electron chi connectivity index (χ0n) is 8.03. The number of nitrogens with two attached hydrogens (primary N) is 1. The Hall–Kier alpha value is -0.890. The summed E-state index contributed by atoms with van der Waals surface area (Å²) in [5.41, 5.74) is 7.62. The van der Waals surface area contributed by atoms with Crippen LogP contribution in [0.2, 0.25) is 0 Å². The first-order chi connectivity index (χ1) is 6.21. The van der Waals surface area contributed by atoms with E-state index in [4.69, 9.17) is 5.73 Å². The summed E-state index contributed by atoms with van der Waals surface area (Å²) >= 11 is 0. The normalized spacial score (nSPS) is 21.1. The molecule has 1 heterocycles. The standard InChI is InChI=1S/C11H16N2/c1-11(5-6-11)10(12)8-9-4-2-3-7-13-9/h2-4,7,10H,5-6,8,12H2,1H3/t10-/m1/s1. The van der Waals surface area contributed by atoms with Crippen molar-refractivity contribution in [3.05, 3.63) is 30.1 Å². The van der Waals surface area contributed by atoms with Crippen LogP contribution >= 0.6 is 0 Å². The number of nitrogens with zero attached hydrogens (tertiary/aromatic N) is 1. The van der Waals surface area contributed by atoms with Crippen molar-refractivity contribution < 1.29 is 0 Å². The lowest BCUT2D eigenvalue weighted by atomic mass is 9.95. The molecule has 1 aliphatic carbocycles. The van der Waals surface area contributed by atoms with Crippen LogP contribution in [0.1, 0.15) is 25.5 Å². The zero-order valence-corrected chi connectivity index (χ0v) is 8.03. The Morgan fingerprint density at radius 2 is 2.31 bits per heavy atom. The molecule has 0 amide bonds. The van der Waals surface area contributed by atoms with Crippen LogP contribution in [-0.2, 0) is 6.42 Å². The molecule has 0 aromatic carbocycles. The Balaban J connectivity index is 1.98. The van der Waals surface area contributed by atoms with Gasteiger partial charge in [-0.1, -0.05) is 13.0 Å². The monoisotopic (exact) mass is 176 g/mol. The molecule has 2 rings (SSSR count). The molecule has 0 aliphatic heterocycles. The van der Waals surface area contributed by atoms with E-state index in [1.54, 1.807) is 0 Å². The fraction of sp³-hybridized carbons (Fsp3) is 0.545. The van der Waals surface area contributed by atoms with Crippen molar-refractivity contribution >= 4 is 0 Å². The van der Waals surface area contributed by atoms with Gasteiger partial charge in [0.05, 0.1) is 0 Å². The molecule has 1 atom stereocenters. The average molecular weight is 176 g/mol. The van der Waals surface area contributed by atoms with Crippen LogP contribution in [0, 0.1) is 5.41 Å². The third-order valence-corrected chi connectivity index (χ3v) is 3.09. The van der Waals surface area contributed by atoms with Crippen molar-refractivity contribution in [1.29, 1.82) is 0 Å². The molecule has 1 aliphatic rings. The van der Waals surface area contributed by atoms with Gasteiger partial charge >= 0.3 is 0 Å². The van der Waals surface area contributed by atoms with Gasteiger partial charge < -0.3 is 5.73 Å². The van der Waals surface area contributed by atoms with E-state index in [1.165, 1.54) is 12.8 Å². The van der Waals surface area contributed by atoms with Gasteiger partial charge in [-0.15, -0.1) is 0 Å². The predicted octanol–water partition coefficient (Wildman–Crippen LogP) is 1.75. The van der Waals surface area contributed by atoms with Gasteiger partial charge in [0.1, 0.15) is 0 Å². The minimum Gasteiger partial charge on any atom is -0.327 e. The van der Waals surface area contributed by atoms with Crippen molar-refractivity contribution in [2.45, 2.75) is 32.2 Å². The lowest BCUT2D eigenvalue weighted by Crippen LogP contribution is -2.32. The highest BCUT2D eigenvalue weighted by atomic mass is 14.8. The smallest absolute Gasteiger partial charge is 0.0419 e. The molecular formula is C11H16N2. The van der Waals surface area contributed by atoms with Gasteiger partial charge in [-0.05, 0) is 30.4 Å². The van der Waals surface area contributed by atoms with Crippen LogP contribution in [0.4, 0.5) is 0 Å². The molecule has 2 N–H and O–H groups in total. The molecule has 2 heteroatoms. The van der Waals surface area contributed by atoms with Crippen LogP contribution in [0.5, 0.6) is 0 Å². The summed E-state index contributed by atoms with van der Waals surface area (Å²) in [6.07, 6.45) is 5.30. The van der Waals surface area contributed by atoms with Gasteiger partial charge in [0.15, 0.2) is 0 Å². The minimum atomic E-state index is 0.280. The van der Waals surface area contributed by atoms with Crippen molar-refractivity contribution in [1.82, 2.24) is 4.98 Å². The molecule has 0 unspecified atom stereocenters. The van der Waals surface area contributed by atoms with Crippen molar-refractivity contribution in [3.63, 3.8) is 0 Å². The maximum atomic E-state index is 6.11. The summed E-state index contributed by atoms with van der Waals surface area (Å²) < 4.78 is 0. The second kappa shape index (κ2) is 3.11. The van der Waals surface area contributed by atoms with E-state index in [0.29, 0.717) is 5.41 Å². The van der Waals surface area contributed by atoms with E-state index >= 15 is 0 Å². The largest absolute Gasteiger partial charge is 0.327 e. The number of rotatable bonds is 3. The van der Waals surface area contributed by atoms with Crippen LogP contribution in [0.25, 0.3) is 0 Å². The lowest BCUT2D eigenvalue weighted by Gasteiger charge is -2.17. The number of pyridine rings is 1. The van der Waals surface area contributed by atoms with Crippen LogP contribution in [-0.4, -0.2) is 11.0 Å². The Kier molecular flexibility index (Phi) is 2.08. The summed E-state index contributed by atoms with van der Waals surface area (Å²) in [6, 6.07) is 6.28. The molecule has 2 nitrogen and oxygen atoms in total. The second-order valence-corrected chi connectivity index (χ2v) is 4.29. The summed E-state index contributed by atoms with van der Waals surface area (Å²) in [6.45, 7) is 2.26. The molecule has 0 radical (unpaired) electrons. The number of aromatic nitrogens is 1. The van der Waals surface area contributed by atoms with E-state index < -0.39 is 0 Å². The van der Waals surface area contributed by atoms with E-state index in [9.17, 15) is 0 Å². The highest BCUT2D eigenvalue weighted by molar-refractivity contribution is 5.09. The van der Waals surface area contributed by atoms with Crippen molar-refractivity contribution in [2.24, 2.45) is 11.1 Å². The SMILES string of the molecule is CC1([C@H](N)Cc2ccccn2)CC1. The Labute approximate surface area is 79.2 Å². The fourth-order valence-corrected chi connectivity index (χ4v) is 1.56. The third kappa shape index (κ3) is 1.89.